The molecule has 134 valence electrons. The van der Waals surface area contributed by atoms with Crippen LogP contribution >= 0.6 is 11.8 Å². The summed E-state index contributed by atoms with van der Waals surface area (Å²) in [7, 11) is 0. The number of benzene rings is 2. The molecular formula is C21H17N3O2S. The van der Waals surface area contributed by atoms with Gasteiger partial charge < -0.3 is 4.52 Å². The lowest BCUT2D eigenvalue weighted by Crippen LogP contribution is -2.22. The van der Waals surface area contributed by atoms with Crippen LogP contribution in [0.15, 0.2) is 87.8 Å². The van der Waals surface area contributed by atoms with Crippen molar-refractivity contribution >= 4 is 22.7 Å². The third-order valence-corrected chi connectivity index (χ3v) is 5.11. The van der Waals surface area contributed by atoms with Gasteiger partial charge in [0.2, 0.25) is 0 Å². The number of aromatic nitrogens is 3. The average molecular weight is 375 g/mol. The summed E-state index contributed by atoms with van der Waals surface area (Å²) in [5, 5.41) is 5.37. The predicted molar refractivity (Wildman–Crippen MR) is 108 cm³/mol. The first-order valence-electron chi connectivity index (χ1n) is 8.50. The zero-order valence-electron chi connectivity index (χ0n) is 14.5. The molecular weight excluding hydrogens is 358 g/mol. The second kappa shape index (κ2) is 7.63. The van der Waals surface area contributed by atoms with Crippen LogP contribution in [0.1, 0.15) is 5.76 Å². The van der Waals surface area contributed by atoms with Gasteiger partial charge in [-0.3, -0.25) is 9.36 Å². The highest BCUT2D eigenvalue weighted by atomic mass is 32.2. The number of hydrogen-bond donors (Lipinski definition) is 0. The first-order chi connectivity index (χ1) is 13.3. The van der Waals surface area contributed by atoms with E-state index in [9.17, 15) is 4.79 Å². The summed E-state index contributed by atoms with van der Waals surface area (Å²) in [5.74, 6) is 1.26. The van der Waals surface area contributed by atoms with Gasteiger partial charge in [-0.2, -0.15) is 0 Å². The molecule has 4 aromatic rings. The van der Waals surface area contributed by atoms with Crippen molar-refractivity contribution in [3.8, 4) is 11.3 Å². The summed E-state index contributed by atoms with van der Waals surface area (Å²) in [6.45, 7) is 4.16. The van der Waals surface area contributed by atoms with Gasteiger partial charge >= 0.3 is 0 Å². The lowest BCUT2D eigenvalue weighted by molar-refractivity contribution is 0.397. The Morgan fingerprint density at radius 1 is 1.11 bits per heavy atom. The molecule has 0 saturated carbocycles. The van der Waals surface area contributed by atoms with Crippen LogP contribution in [-0.4, -0.2) is 14.7 Å². The molecule has 0 amide bonds. The molecule has 2 aromatic heterocycles. The van der Waals surface area contributed by atoms with Gasteiger partial charge in [-0.05, 0) is 12.1 Å². The first-order valence-corrected chi connectivity index (χ1v) is 9.49. The highest BCUT2D eigenvalue weighted by molar-refractivity contribution is 7.98. The van der Waals surface area contributed by atoms with Crippen LogP contribution in [0.3, 0.4) is 0 Å². The Morgan fingerprint density at radius 3 is 2.70 bits per heavy atom. The number of allylic oxidation sites excluding steroid dienone is 1. The van der Waals surface area contributed by atoms with E-state index in [0.717, 1.165) is 17.0 Å². The van der Waals surface area contributed by atoms with Crippen LogP contribution < -0.4 is 5.56 Å². The molecule has 0 aliphatic heterocycles. The van der Waals surface area contributed by atoms with Crippen LogP contribution in [0, 0.1) is 0 Å². The van der Waals surface area contributed by atoms with Crippen molar-refractivity contribution in [2.75, 3.05) is 0 Å². The maximum absolute atomic E-state index is 12.8. The highest BCUT2D eigenvalue weighted by Gasteiger charge is 2.13. The number of para-hydroxylation sites is 1. The molecule has 2 heterocycles. The van der Waals surface area contributed by atoms with Gasteiger partial charge in [-0.1, -0.05) is 65.5 Å². The lowest BCUT2D eigenvalue weighted by atomic mass is 10.1. The summed E-state index contributed by atoms with van der Waals surface area (Å²) < 4.78 is 7.09. The fourth-order valence-electron chi connectivity index (χ4n) is 2.81. The van der Waals surface area contributed by atoms with E-state index in [1.807, 2.05) is 54.6 Å². The van der Waals surface area contributed by atoms with Gasteiger partial charge in [0.05, 0.1) is 16.7 Å². The van der Waals surface area contributed by atoms with E-state index in [1.165, 1.54) is 11.8 Å². The molecule has 0 saturated heterocycles. The number of hydrogen-bond acceptors (Lipinski definition) is 5. The van der Waals surface area contributed by atoms with Gasteiger partial charge in [-0.25, -0.2) is 4.98 Å². The van der Waals surface area contributed by atoms with Gasteiger partial charge in [0.15, 0.2) is 5.16 Å². The van der Waals surface area contributed by atoms with Crippen molar-refractivity contribution in [2.24, 2.45) is 0 Å². The van der Waals surface area contributed by atoms with Crippen molar-refractivity contribution < 1.29 is 4.52 Å². The SMILES string of the molecule is C=CCn1c(SCc2cc(-c3ccccc3)no2)nc2ccccc2c1=O. The van der Waals surface area contributed by atoms with Gasteiger partial charge in [0.25, 0.3) is 5.56 Å². The third-order valence-electron chi connectivity index (χ3n) is 4.11. The molecule has 0 aliphatic carbocycles. The van der Waals surface area contributed by atoms with E-state index in [1.54, 1.807) is 16.7 Å². The zero-order chi connectivity index (χ0) is 18.6. The molecule has 0 N–H and O–H groups in total. The molecule has 0 radical (unpaired) electrons. The minimum Gasteiger partial charge on any atom is -0.360 e. The first kappa shape index (κ1) is 17.3. The van der Waals surface area contributed by atoms with Crippen LogP contribution in [-0.2, 0) is 12.3 Å². The van der Waals surface area contributed by atoms with Crippen molar-refractivity contribution in [1.82, 2.24) is 14.7 Å². The molecule has 0 unspecified atom stereocenters. The van der Waals surface area contributed by atoms with Crippen LogP contribution in [0.2, 0.25) is 0 Å². The Kier molecular flexibility index (Phi) is 4.89. The summed E-state index contributed by atoms with van der Waals surface area (Å²) >= 11 is 1.45. The summed E-state index contributed by atoms with van der Waals surface area (Å²) in [6.07, 6.45) is 1.70. The maximum atomic E-state index is 12.8. The van der Waals surface area contributed by atoms with Crippen LogP contribution in [0.5, 0.6) is 0 Å². The minimum atomic E-state index is -0.0643. The number of thioether (sulfide) groups is 1. The van der Waals surface area contributed by atoms with E-state index in [4.69, 9.17) is 4.52 Å². The normalized spacial score (nSPS) is 11.0. The Morgan fingerprint density at radius 2 is 1.89 bits per heavy atom. The molecule has 4 rings (SSSR count). The fourth-order valence-corrected chi connectivity index (χ4v) is 3.69. The van der Waals surface area contributed by atoms with Gasteiger partial charge in [0.1, 0.15) is 11.5 Å². The standard InChI is InChI=1S/C21H17N3O2S/c1-2-12-24-20(25)17-10-6-7-11-18(17)22-21(24)27-14-16-13-19(23-26-16)15-8-4-3-5-9-15/h2-11,13H,1,12,14H2. The molecule has 0 spiro atoms. The van der Waals surface area contributed by atoms with Crippen molar-refractivity contribution in [1.29, 1.82) is 0 Å². The van der Waals surface area contributed by atoms with Crippen molar-refractivity contribution in [2.45, 2.75) is 17.5 Å². The highest BCUT2D eigenvalue weighted by Crippen LogP contribution is 2.25. The topological polar surface area (TPSA) is 60.9 Å². The van der Waals surface area contributed by atoms with Crippen LogP contribution in [0.4, 0.5) is 0 Å². The zero-order valence-corrected chi connectivity index (χ0v) is 15.4. The van der Waals surface area contributed by atoms with Gasteiger partial charge in [-0.15, -0.1) is 6.58 Å². The Labute approximate surface area is 160 Å². The smallest absolute Gasteiger partial charge is 0.262 e. The Bertz CT molecular complexity index is 1150. The molecule has 0 bridgehead atoms. The monoisotopic (exact) mass is 375 g/mol. The lowest BCUT2D eigenvalue weighted by Gasteiger charge is -2.10. The largest absolute Gasteiger partial charge is 0.360 e. The molecule has 0 atom stereocenters. The quantitative estimate of drug-likeness (QED) is 0.281. The molecule has 0 fully saturated rings. The predicted octanol–water partition coefficient (Wildman–Crippen LogP) is 4.53. The summed E-state index contributed by atoms with van der Waals surface area (Å²) in [4.78, 5) is 17.4. The second-order valence-electron chi connectivity index (χ2n) is 5.95. The van der Waals surface area contributed by atoms with E-state index in [0.29, 0.717) is 28.4 Å². The molecule has 6 heteroatoms. The third kappa shape index (κ3) is 3.57. The van der Waals surface area contributed by atoms with E-state index >= 15 is 0 Å². The Hall–Kier alpha value is -3.12. The molecule has 0 aliphatic rings. The summed E-state index contributed by atoms with van der Waals surface area (Å²) in [5.41, 5.74) is 2.42. The summed E-state index contributed by atoms with van der Waals surface area (Å²) in [6, 6.07) is 19.1. The maximum Gasteiger partial charge on any atom is 0.262 e. The fraction of sp³-hybridized carbons (Fsp3) is 0.0952. The number of nitrogens with zero attached hydrogens (tertiary/aromatic N) is 3. The van der Waals surface area contributed by atoms with Crippen LogP contribution in [0.25, 0.3) is 22.2 Å². The molecule has 5 nitrogen and oxygen atoms in total. The minimum absolute atomic E-state index is 0.0643. The van der Waals surface area contributed by atoms with E-state index in [-0.39, 0.29) is 5.56 Å². The van der Waals surface area contributed by atoms with E-state index in [2.05, 4.69) is 16.7 Å². The molecule has 2 aromatic carbocycles. The average Bonchev–Trinajstić information content (AvgIpc) is 3.19. The van der Waals surface area contributed by atoms with E-state index < -0.39 is 0 Å². The number of fused-ring (bicyclic) bond motifs is 1. The Balaban J connectivity index is 1.62. The second-order valence-corrected chi connectivity index (χ2v) is 6.89. The van der Waals surface area contributed by atoms with Crippen molar-refractivity contribution in [3.63, 3.8) is 0 Å². The van der Waals surface area contributed by atoms with Crippen molar-refractivity contribution in [3.05, 3.63) is 89.4 Å². The molecule has 27 heavy (non-hydrogen) atoms. The number of rotatable bonds is 6. The van der Waals surface area contributed by atoms with Gasteiger partial charge in [0, 0.05) is 18.2 Å².